The Morgan fingerprint density at radius 2 is 2.29 bits per heavy atom. The van der Waals surface area contributed by atoms with Crippen LogP contribution >= 0.6 is 22.6 Å². The third kappa shape index (κ3) is 2.76. The first kappa shape index (κ1) is 14.4. The number of fused-ring (bicyclic) bond motifs is 1. The largest absolute Gasteiger partial charge is 0.469 e. The molecular weight excluding hydrogens is 384 g/mol. The molecule has 0 bridgehead atoms. The number of hydrogen-bond acceptors (Lipinski definition) is 3. The summed E-state index contributed by atoms with van der Waals surface area (Å²) in [6, 6.07) is 7.16. The Balaban J connectivity index is 1.91. The van der Waals surface area contributed by atoms with Gasteiger partial charge in [-0.25, -0.2) is 9.37 Å². The third-order valence-corrected chi connectivity index (χ3v) is 4.41. The first-order chi connectivity index (χ1) is 10.1. The number of imidazole rings is 1. The molecule has 21 heavy (non-hydrogen) atoms. The lowest BCUT2D eigenvalue weighted by molar-refractivity contribution is 0.459. The molecule has 110 valence electrons. The molecule has 2 heterocycles. The average molecular weight is 399 g/mol. The smallest absolute Gasteiger partial charge is 0.201 e. The molecule has 1 atom stereocenters. The van der Waals surface area contributed by atoms with Gasteiger partial charge in [-0.15, -0.1) is 0 Å². The fourth-order valence-electron chi connectivity index (χ4n) is 2.51. The molecule has 2 N–H and O–H groups in total. The number of furan rings is 1. The molecule has 0 saturated carbocycles. The zero-order valence-corrected chi connectivity index (χ0v) is 13.7. The van der Waals surface area contributed by atoms with Gasteiger partial charge in [0.1, 0.15) is 11.6 Å². The minimum atomic E-state index is -0.248. The standard InChI is InChI=1S/C15H15FIN3O/c1-9(4-5-10-3-2-6-21-10)20-14-7-11(16)12(17)8-13(14)19-15(20)18/h2-3,6-9H,4-5H2,1H3,(H2,18,19). The number of nitrogens with zero attached hydrogens (tertiary/aromatic N) is 2. The molecular formula is C15H15FIN3O. The normalized spacial score (nSPS) is 12.9. The van der Waals surface area contributed by atoms with Gasteiger partial charge in [0.15, 0.2) is 0 Å². The van der Waals surface area contributed by atoms with E-state index in [1.165, 1.54) is 6.07 Å². The molecule has 3 aromatic rings. The number of anilines is 1. The van der Waals surface area contributed by atoms with Crippen LogP contribution in [0, 0.1) is 9.39 Å². The first-order valence-electron chi connectivity index (χ1n) is 6.71. The van der Waals surface area contributed by atoms with Crippen molar-refractivity contribution < 1.29 is 8.81 Å². The van der Waals surface area contributed by atoms with E-state index in [2.05, 4.69) is 11.9 Å². The van der Waals surface area contributed by atoms with Crippen LogP contribution < -0.4 is 5.73 Å². The second kappa shape index (κ2) is 5.67. The number of halogens is 2. The quantitative estimate of drug-likeness (QED) is 0.671. The summed E-state index contributed by atoms with van der Waals surface area (Å²) in [4.78, 5) is 4.33. The van der Waals surface area contributed by atoms with Gasteiger partial charge in [-0.3, -0.25) is 0 Å². The molecule has 0 radical (unpaired) electrons. The topological polar surface area (TPSA) is 57.0 Å². The van der Waals surface area contributed by atoms with Gasteiger partial charge in [0.2, 0.25) is 5.95 Å². The van der Waals surface area contributed by atoms with Gasteiger partial charge in [-0.05, 0) is 54.1 Å². The number of nitrogen functional groups attached to an aromatic ring is 1. The van der Waals surface area contributed by atoms with E-state index in [0.717, 1.165) is 29.6 Å². The molecule has 0 saturated heterocycles. The fourth-order valence-corrected chi connectivity index (χ4v) is 2.96. The summed E-state index contributed by atoms with van der Waals surface area (Å²) in [5.74, 6) is 1.10. The van der Waals surface area contributed by atoms with Crippen molar-refractivity contribution in [3.63, 3.8) is 0 Å². The van der Waals surface area contributed by atoms with Crippen LogP contribution in [0.4, 0.5) is 10.3 Å². The lowest BCUT2D eigenvalue weighted by Crippen LogP contribution is -2.10. The Kier molecular flexibility index (Phi) is 3.88. The lowest BCUT2D eigenvalue weighted by atomic mass is 10.1. The molecule has 6 heteroatoms. The number of hydrogen-bond donors (Lipinski definition) is 1. The molecule has 3 rings (SSSR count). The van der Waals surface area contributed by atoms with Gasteiger partial charge in [-0.2, -0.15) is 0 Å². The summed E-state index contributed by atoms with van der Waals surface area (Å²) in [5.41, 5.74) is 7.47. The number of benzene rings is 1. The molecule has 0 aliphatic rings. The molecule has 0 fully saturated rings. The predicted molar refractivity (Wildman–Crippen MR) is 88.6 cm³/mol. The summed E-state index contributed by atoms with van der Waals surface area (Å²) < 4.78 is 21.6. The number of aryl methyl sites for hydroxylation is 1. The van der Waals surface area contributed by atoms with Crippen molar-refractivity contribution >= 4 is 39.6 Å². The van der Waals surface area contributed by atoms with Crippen LogP contribution in [0.5, 0.6) is 0 Å². The monoisotopic (exact) mass is 399 g/mol. The minimum absolute atomic E-state index is 0.111. The fraction of sp³-hybridized carbons (Fsp3) is 0.267. The van der Waals surface area contributed by atoms with Crippen molar-refractivity contribution in [1.29, 1.82) is 0 Å². The Labute approximate surface area is 135 Å². The van der Waals surface area contributed by atoms with Crippen LogP contribution in [-0.4, -0.2) is 9.55 Å². The molecule has 4 nitrogen and oxygen atoms in total. The molecule has 0 aliphatic heterocycles. The highest BCUT2D eigenvalue weighted by Gasteiger charge is 2.16. The summed E-state index contributed by atoms with van der Waals surface area (Å²) in [6.45, 7) is 2.05. The van der Waals surface area contributed by atoms with Crippen molar-refractivity contribution in [1.82, 2.24) is 9.55 Å². The van der Waals surface area contributed by atoms with Crippen molar-refractivity contribution in [3.8, 4) is 0 Å². The van der Waals surface area contributed by atoms with Crippen molar-refractivity contribution in [2.45, 2.75) is 25.8 Å². The third-order valence-electron chi connectivity index (χ3n) is 3.59. The highest BCUT2D eigenvalue weighted by Crippen LogP contribution is 2.28. The van der Waals surface area contributed by atoms with E-state index in [1.54, 1.807) is 12.3 Å². The van der Waals surface area contributed by atoms with Crippen LogP contribution in [0.15, 0.2) is 34.9 Å². The highest BCUT2D eigenvalue weighted by atomic mass is 127. The number of aromatic nitrogens is 2. The van der Waals surface area contributed by atoms with Gasteiger partial charge in [0, 0.05) is 18.5 Å². The van der Waals surface area contributed by atoms with Crippen molar-refractivity contribution in [2.24, 2.45) is 0 Å². The Bertz CT molecular complexity index is 767. The van der Waals surface area contributed by atoms with E-state index >= 15 is 0 Å². The predicted octanol–water partition coefficient (Wildman–Crippen LogP) is 4.15. The summed E-state index contributed by atoms with van der Waals surface area (Å²) >= 11 is 1.96. The lowest BCUT2D eigenvalue weighted by Gasteiger charge is -2.15. The molecule has 0 aliphatic carbocycles. The van der Waals surface area contributed by atoms with E-state index in [-0.39, 0.29) is 11.9 Å². The molecule has 0 spiro atoms. The zero-order chi connectivity index (χ0) is 15.0. The summed E-state index contributed by atoms with van der Waals surface area (Å²) in [5, 5.41) is 0. The van der Waals surface area contributed by atoms with Gasteiger partial charge in [0.25, 0.3) is 0 Å². The van der Waals surface area contributed by atoms with Crippen molar-refractivity contribution in [3.05, 3.63) is 45.7 Å². The van der Waals surface area contributed by atoms with E-state index < -0.39 is 0 Å². The van der Waals surface area contributed by atoms with Gasteiger partial charge < -0.3 is 14.7 Å². The Morgan fingerprint density at radius 3 is 3.00 bits per heavy atom. The summed E-state index contributed by atoms with van der Waals surface area (Å²) in [7, 11) is 0. The molecule has 2 aromatic heterocycles. The van der Waals surface area contributed by atoms with Gasteiger partial charge >= 0.3 is 0 Å². The first-order valence-corrected chi connectivity index (χ1v) is 7.79. The van der Waals surface area contributed by atoms with Crippen LogP contribution in [0.1, 0.15) is 25.1 Å². The Hall–Kier alpha value is -1.57. The maximum absolute atomic E-state index is 13.8. The van der Waals surface area contributed by atoms with E-state index in [4.69, 9.17) is 10.2 Å². The summed E-state index contributed by atoms with van der Waals surface area (Å²) in [6.07, 6.45) is 3.31. The minimum Gasteiger partial charge on any atom is -0.469 e. The zero-order valence-electron chi connectivity index (χ0n) is 11.5. The van der Waals surface area contributed by atoms with Crippen LogP contribution in [-0.2, 0) is 6.42 Å². The highest BCUT2D eigenvalue weighted by molar-refractivity contribution is 14.1. The SMILES string of the molecule is CC(CCc1ccco1)n1c(N)nc2cc(I)c(F)cc21. The second-order valence-electron chi connectivity index (χ2n) is 5.06. The average Bonchev–Trinajstić information content (AvgIpc) is 3.04. The maximum Gasteiger partial charge on any atom is 0.201 e. The van der Waals surface area contributed by atoms with Gasteiger partial charge in [0.05, 0.1) is 20.9 Å². The second-order valence-corrected chi connectivity index (χ2v) is 6.22. The number of rotatable bonds is 4. The maximum atomic E-state index is 13.8. The van der Waals surface area contributed by atoms with Gasteiger partial charge in [-0.1, -0.05) is 0 Å². The molecule has 0 amide bonds. The Morgan fingerprint density at radius 1 is 1.48 bits per heavy atom. The van der Waals surface area contributed by atoms with Crippen molar-refractivity contribution in [2.75, 3.05) is 5.73 Å². The van der Waals surface area contributed by atoms with Crippen LogP contribution in [0.25, 0.3) is 11.0 Å². The molecule has 1 aromatic carbocycles. The van der Waals surface area contributed by atoms with Crippen LogP contribution in [0.3, 0.4) is 0 Å². The van der Waals surface area contributed by atoms with Crippen LogP contribution in [0.2, 0.25) is 0 Å². The van der Waals surface area contributed by atoms with E-state index in [0.29, 0.717) is 9.52 Å². The molecule has 1 unspecified atom stereocenters. The number of nitrogens with two attached hydrogens (primary N) is 1. The van der Waals surface area contributed by atoms with E-state index in [9.17, 15) is 4.39 Å². The van der Waals surface area contributed by atoms with E-state index in [1.807, 2.05) is 39.3 Å².